The zero-order valence-electron chi connectivity index (χ0n) is 10.2. The molecule has 0 fully saturated rings. The number of hydrogen-bond donors (Lipinski definition) is 0. The van der Waals surface area contributed by atoms with Crippen LogP contribution < -0.4 is 0 Å². The van der Waals surface area contributed by atoms with Crippen LogP contribution in [-0.4, -0.2) is 19.0 Å². The molecular weight excluding hydrogens is 188 g/mol. The summed E-state index contributed by atoms with van der Waals surface area (Å²) in [6, 6.07) is 0. The van der Waals surface area contributed by atoms with E-state index in [-0.39, 0.29) is 6.10 Å². The first-order chi connectivity index (χ1) is 6.98. The maximum Gasteiger partial charge on any atom is 0.148 e. The average Bonchev–Trinajstić information content (AvgIpc) is 2.44. The molecule has 0 bridgehead atoms. The zero-order chi connectivity index (χ0) is 11.5. The second kappa shape index (κ2) is 4.93. The third kappa shape index (κ3) is 2.91. The summed E-state index contributed by atoms with van der Waals surface area (Å²) >= 11 is 0. The largest absolute Gasteiger partial charge is 0.371 e. The van der Waals surface area contributed by atoms with Crippen LogP contribution in [0.4, 0.5) is 0 Å². The van der Waals surface area contributed by atoms with Crippen molar-refractivity contribution in [1.29, 1.82) is 0 Å². The van der Waals surface area contributed by atoms with Crippen molar-refractivity contribution in [3.05, 3.63) is 11.6 Å². The molecule has 1 aliphatic rings. The molecule has 0 radical (unpaired) electrons. The highest BCUT2D eigenvalue weighted by Crippen LogP contribution is 2.44. The molecule has 15 heavy (non-hydrogen) atoms. The first kappa shape index (κ1) is 12.4. The van der Waals surface area contributed by atoms with Crippen molar-refractivity contribution in [2.75, 3.05) is 6.61 Å². The van der Waals surface area contributed by atoms with Crippen LogP contribution >= 0.6 is 0 Å². The van der Waals surface area contributed by atoms with Gasteiger partial charge in [-0.15, -0.1) is 0 Å². The van der Waals surface area contributed by atoms with E-state index in [1.807, 2.05) is 0 Å². The maximum atomic E-state index is 10.4. The molecule has 1 aliphatic carbocycles. The molecule has 2 atom stereocenters. The fraction of sp³-hybridized carbons (Fsp3) is 0.769. The highest BCUT2D eigenvalue weighted by molar-refractivity contribution is 5.55. The normalized spacial score (nSPS) is 26.1. The first-order valence-corrected chi connectivity index (χ1v) is 5.72. The summed E-state index contributed by atoms with van der Waals surface area (Å²) in [5, 5.41) is 0. The summed E-state index contributed by atoms with van der Waals surface area (Å²) in [6.45, 7) is 9.26. The standard InChI is InChI=1S/C13H22O2/c1-10-5-6-12(13(10,3)4)7-8-15-11(2)9-14/h5,9,11-12H,6-8H2,1-4H3/t11?,12-/m1/s1. The third-order valence-electron chi connectivity index (χ3n) is 3.78. The number of ether oxygens (including phenoxy) is 1. The molecule has 1 unspecified atom stereocenters. The molecule has 0 N–H and O–H groups in total. The van der Waals surface area contributed by atoms with E-state index in [0.717, 1.165) is 19.1 Å². The van der Waals surface area contributed by atoms with Gasteiger partial charge in [0.25, 0.3) is 0 Å². The van der Waals surface area contributed by atoms with E-state index in [4.69, 9.17) is 4.74 Å². The molecule has 0 spiro atoms. The van der Waals surface area contributed by atoms with Gasteiger partial charge in [0.2, 0.25) is 0 Å². The molecule has 2 nitrogen and oxygen atoms in total. The van der Waals surface area contributed by atoms with Gasteiger partial charge in [-0.1, -0.05) is 25.5 Å². The lowest BCUT2D eigenvalue weighted by atomic mass is 9.76. The van der Waals surface area contributed by atoms with Gasteiger partial charge in [-0.2, -0.15) is 0 Å². The van der Waals surface area contributed by atoms with E-state index in [2.05, 4.69) is 26.8 Å². The summed E-state index contributed by atoms with van der Waals surface area (Å²) < 4.78 is 5.39. The lowest BCUT2D eigenvalue weighted by Gasteiger charge is -2.29. The predicted molar refractivity (Wildman–Crippen MR) is 61.7 cm³/mol. The molecule has 0 amide bonds. The van der Waals surface area contributed by atoms with Crippen molar-refractivity contribution in [1.82, 2.24) is 0 Å². The van der Waals surface area contributed by atoms with Gasteiger partial charge in [0.1, 0.15) is 12.4 Å². The van der Waals surface area contributed by atoms with Gasteiger partial charge >= 0.3 is 0 Å². The Morgan fingerprint density at radius 1 is 1.67 bits per heavy atom. The van der Waals surface area contributed by atoms with Crippen LogP contribution in [0.3, 0.4) is 0 Å². The van der Waals surface area contributed by atoms with Crippen LogP contribution in [0, 0.1) is 11.3 Å². The Labute approximate surface area is 92.7 Å². The summed E-state index contributed by atoms with van der Waals surface area (Å²) in [6.07, 6.45) is 5.11. The van der Waals surface area contributed by atoms with E-state index in [1.165, 1.54) is 5.57 Å². The number of allylic oxidation sites excluding steroid dienone is 2. The second-order valence-corrected chi connectivity index (χ2v) is 5.04. The summed E-state index contributed by atoms with van der Waals surface area (Å²) in [5.74, 6) is 0.663. The van der Waals surface area contributed by atoms with Crippen molar-refractivity contribution >= 4 is 6.29 Å². The number of hydrogen-bond acceptors (Lipinski definition) is 2. The smallest absolute Gasteiger partial charge is 0.148 e. The van der Waals surface area contributed by atoms with Crippen molar-refractivity contribution in [3.8, 4) is 0 Å². The van der Waals surface area contributed by atoms with E-state index in [9.17, 15) is 4.79 Å². The highest BCUT2D eigenvalue weighted by Gasteiger charge is 2.34. The Balaban J connectivity index is 2.33. The maximum absolute atomic E-state index is 10.4. The molecule has 0 saturated carbocycles. The Kier molecular flexibility index (Phi) is 4.09. The lowest BCUT2D eigenvalue weighted by molar-refractivity contribution is -0.117. The fourth-order valence-electron chi connectivity index (χ4n) is 2.11. The Morgan fingerprint density at radius 3 is 2.80 bits per heavy atom. The minimum Gasteiger partial charge on any atom is -0.371 e. The monoisotopic (exact) mass is 210 g/mol. The van der Waals surface area contributed by atoms with E-state index in [0.29, 0.717) is 17.9 Å². The quantitative estimate of drug-likeness (QED) is 0.515. The SMILES string of the molecule is CC1=CC[C@H](CCOC(C)C=O)C1(C)C. The number of carbonyl (C=O) groups is 1. The molecule has 0 saturated heterocycles. The van der Waals surface area contributed by atoms with Crippen molar-refractivity contribution in [2.45, 2.75) is 46.6 Å². The average molecular weight is 210 g/mol. The van der Waals surface area contributed by atoms with Gasteiger partial charge in [-0.25, -0.2) is 0 Å². The van der Waals surface area contributed by atoms with Crippen LogP contribution in [-0.2, 0) is 9.53 Å². The summed E-state index contributed by atoms with van der Waals surface area (Å²) in [5.41, 5.74) is 1.78. The van der Waals surface area contributed by atoms with Crippen molar-refractivity contribution in [3.63, 3.8) is 0 Å². The molecule has 86 valence electrons. The number of aldehydes is 1. The summed E-state index contributed by atoms with van der Waals surface area (Å²) in [4.78, 5) is 10.4. The molecule has 0 heterocycles. The minimum atomic E-state index is -0.261. The first-order valence-electron chi connectivity index (χ1n) is 5.72. The molecule has 0 aliphatic heterocycles. The van der Waals surface area contributed by atoms with Gasteiger partial charge < -0.3 is 9.53 Å². The highest BCUT2D eigenvalue weighted by atomic mass is 16.5. The van der Waals surface area contributed by atoms with Crippen LogP contribution in [0.25, 0.3) is 0 Å². The van der Waals surface area contributed by atoms with Crippen LogP contribution in [0.2, 0.25) is 0 Å². The fourth-order valence-corrected chi connectivity index (χ4v) is 2.11. The Hall–Kier alpha value is -0.630. The van der Waals surface area contributed by atoms with E-state index in [1.54, 1.807) is 6.92 Å². The Morgan fingerprint density at radius 2 is 2.33 bits per heavy atom. The van der Waals surface area contributed by atoms with E-state index < -0.39 is 0 Å². The molecule has 0 aromatic carbocycles. The number of carbonyl (C=O) groups excluding carboxylic acids is 1. The third-order valence-corrected chi connectivity index (χ3v) is 3.78. The topological polar surface area (TPSA) is 26.3 Å². The second-order valence-electron chi connectivity index (χ2n) is 5.04. The van der Waals surface area contributed by atoms with Crippen LogP contribution in [0.15, 0.2) is 11.6 Å². The van der Waals surface area contributed by atoms with Crippen molar-refractivity contribution < 1.29 is 9.53 Å². The van der Waals surface area contributed by atoms with E-state index >= 15 is 0 Å². The molecular formula is C13H22O2. The molecule has 0 aromatic rings. The van der Waals surface area contributed by atoms with Crippen molar-refractivity contribution in [2.24, 2.45) is 11.3 Å². The molecule has 1 rings (SSSR count). The van der Waals surface area contributed by atoms with Crippen LogP contribution in [0.5, 0.6) is 0 Å². The zero-order valence-corrected chi connectivity index (χ0v) is 10.2. The Bertz CT molecular complexity index is 253. The van der Waals surface area contributed by atoms with Crippen LogP contribution in [0.1, 0.15) is 40.5 Å². The van der Waals surface area contributed by atoms with Gasteiger partial charge in [0.05, 0.1) is 0 Å². The lowest BCUT2D eigenvalue weighted by Crippen LogP contribution is -2.23. The molecule has 2 heteroatoms. The number of rotatable bonds is 5. The minimum absolute atomic E-state index is 0.261. The van der Waals surface area contributed by atoms with Gasteiger partial charge in [-0.05, 0) is 38.0 Å². The summed E-state index contributed by atoms with van der Waals surface area (Å²) in [7, 11) is 0. The van der Waals surface area contributed by atoms with Gasteiger partial charge in [0.15, 0.2) is 0 Å². The molecule has 0 aromatic heterocycles. The van der Waals surface area contributed by atoms with Gasteiger partial charge in [-0.3, -0.25) is 0 Å². The van der Waals surface area contributed by atoms with Gasteiger partial charge in [0, 0.05) is 6.61 Å². The predicted octanol–water partition coefficient (Wildman–Crippen LogP) is 2.97.